The van der Waals surface area contributed by atoms with Gasteiger partial charge in [0.05, 0.1) is 12.6 Å². The van der Waals surface area contributed by atoms with Crippen LogP contribution in [-0.4, -0.2) is 25.1 Å². The number of aromatic nitrogens is 1. The van der Waals surface area contributed by atoms with Crippen LogP contribution in [0.15, 0.2) is 65.8 Å². The smallest absolute Gasteiger partial charge is 0.191 e. The van der Waals surface area contributed by atoms with Crippen LogP contribution in [0.2, 0.25) is 0 Å². The van der Waals surface area contributed by atoms with Gasteiger partial charge in [-0.25, -0.2) is 0 Å². The van der Waals surface area contributed by atoms with Gasteiger partial charge < -0.3 is 15.4 Å². The first kappa shape index (κ1) is 16.8. The minimum atomic E-state index is 0.675. The fourth-order valence-corrected chi connectivity index (χ4v) is 2.68. The van der Waals surface area contributed by atoms with Crippen LogP contribution >= 0.6 is 0 Å². The summed E-state index contributed by atoms with van der Waals surface area (Å²) in [5, 5.41) is 7.83. The second-order valence-electron chi connectivity index (χ2n) is 5.62. The molecule has 2 N–H and O–H groups in total. The molecule has 1 heterocycles. The third-order valence-corrected chi connectivity index (χ3v) is 4.00. The molecule has 128 valence electrons. The summed E-state index contributed by atoms with van der Waals surface area (Å²) in [4.78, 5) is 8.68. The normalized spacial score (nSPS) is 11.4. The Hall–Kier alpha value is -3.08. The van der Waals surface area contributed by atoms with E-state index in [-0.39, 0.29) is 0 Å². The SMILES string of the molecule is CN=C(NCc1cccc(OC)c1)NCc1ccnc2ccccc12. The standard InChI is InChI=1S/C20H22N4O/c1-21-20(23-13-15-6-5-7-17(12-15)25-2)24-14-16-10-11-22-19-9-4-3-8-18(16)19/h3-12H,13-14H2,1-2H3,(H2,21,23,24). The van der Waals surface area contributed by atoms with Crippen LogP contribution in [-0.2, 0) is 13.1 Å². The van der Waals surface area contributed by atoms with E-state index in [1.165, 1.54) is 5.56 Å². The molecular weight excluding hydrogens is 312 g/mol. The van der Waals surface area contributed by atoms with Gasteiger partial charge in [0, 0.05) is 31.7 Å². The number of nitrogens with zero attached hydrogens (tertiary/aromatic N) is 2. The lowest BCUT2D eigenvalue weighted by atomic mass is 10.1. The zero-order chi connectivity index (χ0) is 17.5. The Morgan fingerprint density at radius 1 is 1.04 bits per heavy atom. The Balaban J connectivity index is 1.62. The summed E-state index contributed by atoms with van der Waals surface area (Å²) in [6, 6.07) is 18.2. The molecule has 0 radical (unpaired) electrons. The highest BCUT2D eigenvalue weighted by atomic mass is 16.5. The van der Waals surface area contributed by atoms with E-state index >= 15 is 0 Å². The molecule has 0 amide bonds. The molecule has 0 saturated carbocycles. The predicted molar refractivity (Wildman–Crippen MR) is 102 cm³/mol. The molecule has 0 spiro atoms. The molecule has 0 bridgehead atoms. The molecule has 0 saturated heterocycles. The number of benzene rings is 2. The lowest BCUT2D eigenvalue weighted by molar-refractivity contribution is 0.414. The van der Waals surface area contributed by atoms with Crippen LogP contribution in [0.4, 0.5) is 0 Å². The molecule has 3 rings (SSSR count). The largest absolute Gasteiger partial charge is 0.497 e. The third-order valence-electron chi connectivity index (χ3n) is 4.00. The summed E-state index contributed by atoms with van der Waals surface area (Å²) in [5.41, 5.74) is 3.33. The van der Waals surface area contributed by atoms with Crippen molar-refractivity contribution in [1.82, 2.24) is 15.6 Å². The van der Waals surface area contributed by atoms with Gasteiger partial charge in [-0.15, -0.1) is 0 Å². The van der Waals surface area contributed by atoms with Crippen molar-refractivity contribution in [3.63, 3.8) is 0 Å². The highest BCUT2D eigenvalue weighted by molar-refractivity contribution is 5.83. The Labute approximate surface area is 147 Å². The second kappa shape index (κ2) is 8.15. The lowest BCUT2D eigenvalue weighted by Gasteiger charge is -2.13. The number of rotatable bonds is 5. The van der Waals surface area contributed by atoms with Crippen molar-refractivity contribution in [3.05, 3.63) is 71.9 Å². The number of ether oxygens (including phenoxy) is 1. The maximum Gasteiger partial charge on any atom is 0.191 e. The van der Waals surface area contributed by atoms with E-state index in [1.54, 1.807) is 14.2 Å². The van der Waals surface area contributed by atoms with Gasteiger partial charge in [-0.2, -0.15) is 0 Å². The molecule has 0 fully saturated rings. The summed E-state index contributed by atoms with van der Waals surface area (Å²) in [7, 11) is 3.44. The van der Waals surface area contributed by atoms with Gasteiger partial charge in [0.25, 0.3) is 0 Å². The van der Waals surface area contributed by atoms with Crippen LogP contribution in [0.1, 0.15) is 11.1 Å². The second-order valence-corrected chi connectivity index (χ2v) is 5.62. The van der Waals surface area contributed by atoms with Gasteiger partial charge in [-0.05, 0) is 35.4 Å². The maximum absolute atomic E-state index is 5.25. The number of pyridine rings is 1. The van der Waals surface area contributed by atoms with Gasteiger partial charge >= 0.3 is 0 Å². The van der Waals surface area contributed by atoms with E-state index in [0.717, 1.165) is 28.2 Å². The first-order valence-electron chi connectivity index (χ1n) is 8.20. The zero-order valence-electron chi connectivity index (χ0n) is 14.5. The van der Waals surface area contributed by atoms with E-state index in [9.17, 15) is 0 Å². The summed E-state index contributed by atoms with van der Waals surface area (Å²) < 4.78 is 5.25. The first-order chi connectivity index (χ1) is 12.3. The molecule has 5 heteroatoms. The minimum Gasteiger partial charge on any atom is -0.497 e. The van der Waals surface area contributed by atoms with Crippen molar-refractivity contribution in [1.29, 1.82) is 0 Å². The molecule has 0 aliphatic heterocycles. The Morgan fingerprint density at radius 3 is 2.72 bits per heavy atom. The van der Waals surface area contributed by atoms with E-state index in [0.29, 0.717) is 13.1 Å². The molecule has 0 aliphatic carbocycles. The fourth-order valence-electron chi connectivity index (χ4n) is 2.68. The molecular formula is C20H22N4O. The molecule has 2 aromatic carbocycles. The van der Waals surface area contributed by atoms with Crippen LogP contribution in [0.25, 0.3) is 10.9 Å². The number of methoxy groups -OCH3 is 1. The van der Waals surface area contributed by atoms with Crippen molar-refractivity contribution >= 4 is 16.9 Å². The topological polar surface area (TPSA) is 58.5 Å². The molecule has 1 aromatic heterocycles. The van der Waals surface area contributed by atoms with Crippen molar-refractivity contribution in [3.8, 4) is 5.75 Å². The molecule has 0 atom stereocenters. The molecule has 3 aromatic rings. The molecule has 5 nitrogen and oxygen atoms in total. The monoisotopic (exact) mass is 334 g/mol. The number of hydrogen-bond acceptors (Lipinski definition) is 3. The van der Waals surface area contributed by atoms with E-state index < -0.39 is 0 Å². The molecule has 25 heavy (non-hydrogen) atoms. The summed E-state index contributed by atoms with van der Waals surface area (Å²) in [6.07, 6.45) is 1.84. The Morgan fingerprint density at radius 2 is 1.88 bits per heavy atom. The van der Waals surface area contributed by atoms with E-state index in [2.05, 4.69) is 32.7 Å². The minimum absolute atomic E-state index is 0.675. The van der Waals surface area contributed by atoms with Gasteiger partial charge in [-0.3, -0.25) is 9.98 Å². The summed E-state index contributed by atoms with van der Waals surface area (Å²) >= 11 is 0. The molecule has 0 aliphatic rings. The number of para-hydroxylation sites is 1. The molecule has 0 unspecified atom stereocenters. The average Bonchev–Trinajstić information content (AvgIpc) is 2.68. The van der Waals surface area contributed by atoms with Gasteiger partial charge in [0.15, 0.2) is 5.96 Å². The van der Waals surface area contributed by atoms with Crippen molar-refractivity contribution in [2.24, 2.45) is 4.99 Å². The lowest BCUT2D eigenvalue weighted by Crippen LogP contribution is -2.36. The summed E-state index contributed by atoms with van der Waals surface area (Å²) in [5.74, 6) is 1.61. The number of fused-ring (bicyclic) bond motifs is 1. The van der Waals surface area contributed by atoms with Crippen LogP contribution < -0.4 is 15.4 Å². The van der Waals surface area contributed by atoms with Crippen molar-refractivity contribution in [2.75, 3.05) is 14.2 Å². The third kappa shape index (κ3) is 4.26. The summed E-state index contributed by atoms with van der Waals surface area (Å²) in [6.45, 7) is 1.36. The fraction of sp³-hybridized carbons (Fsp3) is 0.200. The van der Waals surface area contributed by atoms with Gasteiger partial charge in [0.1, 0.15) is 5.75 Å². The van der Waals surface area contributed by atoms with Crippen molar-refractivity contribution in [2.45, 2.75) is 13.1 Å². The van der Waals surface area contributed by atoms with Crippen LogP contribution in [0, 0.1) is 0 Å². The van der Waals surface area contributed by atoms with Crippen molar-refractivity contribution < 1.29 is 4.74 Å². The van der Waals surface area contributed by atoms with Gasteiger partial charge in [-0.1, -0.05) is 30.3 Å². The highest BCUT2D eigenvalue weighted by Crippen LogP contribution is 2.16. The van der Waals surface area contributed by atoms with Gasteiger partial charge in [0.2, 0.25) is 0 Å². The quantitative estimate of drug-likeness (QED) is 0.556. The number of nitrogens with one attached hydrogen (secondary N) is 2. The van der Waals surface area contributed by atoms with E-state index in [4.69, 9.17) is 4.74 Å². The zero-order valence-corrected chi connectivity index (χ0v) is 14.5. The van der Waals surface area contributed by atoms with Crippen LogP contribution in [0.5, 0.6) is 5.75 Å². The number of guanidine groups is 1. The number of hydrogen-bond donors (Lipinski definition) is 2. The Bertz CT molecular complexity index is 871. The van der Waals surface area contributed by atoms with E-state index in [1.807, 2.05) is 48.7 Å². The van der Waals surface area contributed by atoms with Crippen LogP contribution in [0.3, 0.4) is 0 Å². The maximum atomic E-state index is 5.25. The predicted octanol–water partition coefficient (Wildman–Crippen LogP) is 3.11. The average molecular weight is 334 g/mol. The highest BCUT2D eigenvalue weighted by Gasteiger charge is 2.03. The first-order valence-corrected chi connectivity index (χ1v) is 8.20. The number of aliphatic imine (C=N–C) groups is 1. The Kier molecular flexibility index (Phi) is 5.46.